The summed E-state index contributed by atoms with van der Waals surface area (Å²) in [6.07, 6.45) is 7.12. The van der Waals surface area contributed by atoms with Gasteiger partial charge in [0.1, 0.15) is 5.84 Å². The molecule has 5 heteroatoms. The fourth-order valence-electron chi connectivity index (χ4n) is 4.20. The second kappa shape index (κ2) is 6.28. The molecule has 0 bridgehead atoms. The minimum Gasteiger partial charge on any atom is -0.493 e. The van der Waals surface area contributed by atoms with Crippen molar-refractivity contribution in [3.05, 3.63) is 17.7 Å². The molecule has 1 saturated heterocycles. The Labute approximate surface area is 143 Å². The summed E-state index contributed by atoms with van der Waals surface area (Å²) in [5.74, 6) is 2.34. The van der Waals surface area contributed by atoms with Crippen molar-refractivity contribution in [2.45, 2.75) is 43.9 Å². The second-order valence-electron chi connectivity index (χ2n) is 7.20. The van der Waals surface area contributed by atoms with Gasteiger partial charge in [-0.05, 0) is 56.8 Å². The van der Waals surface area contributed by atoms with E-state index in [0.29, 0.717) is 0 Å². The van der Waals surface area contributed by atoms with Crippen LogP contribution in [0.1, 0.15) is 44.1 Å². The van der Waals surface area contributed by atoms with Gasteiger partial charge in [-0.1, -0.05) is 6.42 Å². The van der Waals surface area contributed by atoms with Crippen LogP contribution >= 0.6 is 0 Å². The van der Waals surface area contributed by atoms with Crippen molar-refractivity contribution >= 4 is 11.5 Å². The smallest absolute Gasteiger partial charge is 0.162 e. The molecule has 0 radical (unpaired) electrons. The molecule has 0 aromatic heterocycles. The third-order valence-corrected chi connectivity index (χ3v) is 5.81. The van der Waals surface area contributed by atoms with E-state index < -0.39 is 0 Å². The van der Waals surface area contributed by atoms with E-state index in [1.54, 1.807) is 7.11 Å². The number of methoxy groups -OCH3 is 1. The van der Waals surface area contributed by atoms with Gasteiger partial charge >= 0.3 is 0 Å². The molecule has 1 saturated carbocycles. The Morgan fingerprint density at radius 2 is 1.96 bits per heavy atom. The molecule has 2 heterocycles. The molecule has 0 atom stereocenters. The molecule has 1 aliphatic carbocycles. The standard InChI is InChI=1S/C19H27N3O2/c1-23-16-13-15-14(19(6-4-7-19)18(20)21-15)12-17(16)24-11-5-10-22-8-2-3-9-22/h12-13H,2-11H2,1H3,(H2,20,21). The number of likely N-dealkylation sites (tertiary alicyclic amines) is 1. The predicted octanol–water partition coefficient (Wildman–Crippen LogP) is 2.98. The molecule has 1 spiro atoms. The third kappa shape index (κ3) is 2.55. The van der Waals surface area contributed by atoms with Crippen LogP contribution in [0.4, 0.5) is 5.69 Å². The van der Waals surface area contributed by atoms with Crippen LogP contribution in [0.3, 0.4) is 0 Å². The summed E-state index contributed by atoms with van der Waals surface area (Å²) < 4.78 is 11.6. The number of hydrogen-bond donors (Lipinski definition) is 1. The van der Waals surface area contributed by atoms with E-state index in [1.807, 2.05) is 6.07 Å². The average Bonchev–Trinajstić information content (AvgIpc) is 3.14. The van der Waals surface area contributed by atoms with Gasteiger partial charge in [-0.15, -0.1) is 0 Å². The first-order valence-corrected chi connectivity index (χ1v) is 9.15. The first-order valence-electron chi connectivity index (χ1n) is 9.15. The van der Waals surface area contributed by atoms with Crippen molar-refractivity contribution < 1.29 is 9.47 Å². The molecule has 0 unspecified atom stereocenters. The molecular weight excluding hydrogens is 302 g/mol. The summed E-state index contributed by atoms with van der Waals surface area (Å²) in [6.45, 7) is 4.31. The van der Waals surface area contributed by atoms with E-state index in [9.17, 15) is 0 Å². The van der Waals surface area contributed by atoms with Crippen LogP contribution in [0.15, 0.2) is 17.1 Å². The summed E-state index contributed by atoms with van der Waals surface area (Å²) in [4.78, 5) is 7.09. The van der Waals surface area contributed by atoms with Crippen molar-refractivity contribution in [3.63, 3.8) is 0 Å². The lowest BCUT2D eigenvalue weighted by atomic mass is 9.64. The van der Waals surface area contributed by atoms with E-state index in [-0.39, 0.29) is 5.41 Å². The summed E-state index contributed by atoms with van der Waals surface area (Å²) in [5, 5.41) is 0. The maximum Gasteiger partial charge on any atom is 0.162 e. The zero-order chi connectivity index (χ0) is 16.6. The van der Waals surface area contributed by atoms with Gasteiger partial charge in [-0.2, -0.15) is 0 Å². The van der Waals surface area contributed by atoms with Crippen LogP contribution in [0.5, 0.6) is 11.5 Å². The number of amidine groups is 1. The van der Waals surface area contributed by atoms with E-state index >= 15 is 0 Å². The number of benzene rings is 1. The first kappa shape index (κ1) is 15.8. The third-order valence-electron chi connectivity index (χ3n) is 5.81. The minimum atomic E-state index is -0.0325. The van der Waals surface area contributed by atoms with Gasteiger partial charge in [0, 0.05) is 12.6 Å². The van der Waals surface area contributed by atoms with Gasteiger partial charge < -0.3 is 20.1 Å². The van der Waals surface area contributed by atoms with Crippen molar-refractivity contribution in [2.75, 3.05) is 33.4 Å². The molecule has 24 heavy (non-hydrogen) atoms. The van der Waals surface area contributed by atoms with Crippen LogP contribution in [0.25, 0.3) is 0 Å². The Balaban J connectivity index is 1.45. The lowest BCUT2D eigenvalue weighted by molar-refractivity contribution is 0.253. The highest BCUT2D eigenvalue weighted by Gasteiger charge is 2.47. The number of rotatable bonds is 6. The molecule has 2 N–H and O–H groups in total. The highest BCUT2D eigenvalue weighted by Crippen LogP contribution is 2.53. The Kier molecular flexibility index (Phi) is 4.12. The molecular formula is C19H27N3O2. The summed E-state index contributed by atoms with van der Waals surface area (Å²) in [5.41, 5.74) is 8.36. The normalized spacial score (nSPS) is 21.5. The highest BCUT2D eigenvalue weighted by molar-refractivity contribution is 6.00. The molecule has 0 amide bonds. The summed E-state index contributed by atoms with van der Waals surface area (Å²) >= 11 is 0. The van der Waals surface area contributed by atoms with Crippen molar-refractivity contribution in [3.8, 4) is 11.5 Å². The molecule has 3 aliphatic rings. The van der Waals surface area contributed by atoms with Gasteiger partial charge in [0.15, 0.2) is 11.5 Å². The van der Waals surface area contributed by atoms with Crippen LogP contribution in [0.2, 0.25) is 0 Å². The largest absolute Gasteiger partial charge is 0.493 e. The number of hydrogen-bond acceptors (Lipinski definition) is 5. The number of nitrogens with zero attached hydrogens (tertiary/aromatic N) is 2. The average molecular weight is 329 g/mol. The number of aliphatic imine (C=N–C) groups is 1. The van der Waals surface area contributed by atoms with E-state index in [0.717, 1.165) is 55.4 Å². The van der Waals surface area contributed by atoms with E-state index in [1.165, 1.54) is 37.9 Å². The van der Waals surface area contributed by atoms with Gasteiger partial charge in [0.25, 0.3) is 0 Å². The predicted molar refractivity (Wildman–Crippen MR) is 95.6 cm³/mol. The second-order valence-corrected chi connectivity index (χ2v) is 7.20. The van der Waals surface area contributed by atoms with Crippen molar-refractivity contribution in [1.82, 2.24) is 4.90 Å². The molecule has 5 nitrogen and oxygen atoms in total. The van der Waals surface area contributed by atoms with Crippen molar-refractivity contribution in [1.29, 1.82) is 0 Å². The molecule has 1 aromatic carbocycles. The van der Waals surface area contributed by atoms with E-state index in [2.05, 4.69) is 16.0 Å². The maximum atomic E-state index is 6.22. The SMILES string of the molecule is COc1cc2c(cc1OCCCN1CCCC1)C1(CCC1)C(N)=N2. The molecule has 2 aliphatic heterocycles. The zero-order valence-corrected chi connectivity index (χ0v) is 14.5. The molecule has 1 aromatic rings. The van der Waals surface area contributed by atoms with Crippen LogP contribution in [0, 0.1) is 0 Å². The van der Waals surface area contributed by atoms with Gasteiger partial charge in [0.2, 0.25) is 0 Å². The zero-order valence-electron chi connectivity index (χ0n) is 14.5. The Bertz CT molecular complexity index is 646. The lowest BCUT2D eigenvalue weighted by Crippen LogP contribution is -2.44. The van der Waals surface area contributed by atoms with E-state index in [4.69, 9.17) is 15.2 Å². The van der Waals surface area contributed by atoms with Crippen LogP contribution < -0.4 is 15.2 Å². The quantitative estimate of drug-likeness (QED) is 0.815. The van der Waals surface area contributed by atoms with Gasteiger partial charge in [-0.3, -0.25) is 0 Å². The summed E-state index contributed by atoms with van der Waals surface area (Å²) in [7, 11) is 1.68. The fourth-order valence-corrected chi connectivity index (χ4v) is 4.20. The summed E-state index contributed by atoms with van der Waals surface area (Å²) in [6, 6.07) is 4.09. The number of ether oxygens (including phenoxy) is 2. The fraction of sp³-hybridized carbons (Fsp3) is 0.632. The molecule has 4 rings (SSSR count). The topological polar surface area (TPSA) is 60.1 Å². The lowest BCUT2D eigenvalue weighted by Gasteiger charge is -2.39. The Morgan fingerprint density at radius 1 is 1.17 bits per heavy atom. The number of fused-ring (bicyclic) bond motifs is 2. The van der Waals surface area contributed by atoms with Gasteiger partial charge in [0.05, 0.1) is 24.8 Å². The van der Waals surface area contributed by atoms with Gasteiger partial charge in [-0.25, -0.2) is 4.99 Å². The number of nitrogens with two attached hydrogens (primary N) is 1. The molecule has 130 valence electrons. The van der Waals surface area contributed by atoms with Crippen LogP contribution in [-0.2, 0) is 5.41 Å². The Morgan fingerprint density at radius 3 is 2.62 bits per heavy atom. The molecule has 2 fully saturated rings. The first-order chi connectivity index (χ1) is 11.7. The maximum absolute atomic E-state index is 6.22. The van der Waals surface area contributed by atoms with Crippen LogP contribution in [-0.4, -0.2) is 44.1 Å². The Hall–Kier alpha value is -1.75. The van der Waals surface area contributed by atoms with Crippen molar-refractivity contribution in [2.24, 2.45) is 10.7 Å². The monoisotopic (exact) mass is 329 g/mol. The highest BCUT2D eigenvalue weighted by atomic mass is 16.5. The minimum absolute atomic E-state index is 0.0325.